The van der Waals surface area contributed by atoms with E-state index in [1.165, 1.54) is 6.07 Å². The maximum atomic E-state index is 13.9. The second-order valence-corrected chi connectivity index (χ2v) is 5.71. The zero-order chi connectivity index (χ0) is 15.8. The summed E-state index contributed by atoms with van der Waals surface area (Å²) in [5, 5.41) is 7.53. The van der Waals surface area contributed by atoms with Gasteiger partial charge < -0.3 is 5.32 Å². The standard InChI is InChI=1S/C17H16FN5/c1-11-14(10-20-23(11)15-5-3-2-4-13(15)18)21-16-8-9-19-17(22-16)12-6-7-12/h2-5,8-10,12H,6-7H2,1H3,(H,19,21,22). The predicted molar refractivity (Wildman–Crippen MR) is 85.5 cm³/mol. The van der Waals surface area contributed by atoms with Gasteiger partial charge in [0, 0.05) is 12.1 Å². The van der Waals surface area contributed by atoms with Gasteiger partial charge in [0.05, 0.1) is 17.6 Å². The van der Waals surface area contributed by atoms with Crippen molar-refractivity contribution < 1.29 is 4.39 Å². The molecule has 3 aromatic rings. The molecule has 0 atom stereocenters. The Labute approximate surface area is 133 Å². The van der Waals surface area contributed by atoms with Crippen LogP contribution >= 0.6 is 0 Å². The Bertz CT molecular complexity index is 854. The van der Waals surface area contributed by atoms with Crippen molar-refractivity contribution in [1.82, 2.24) is 19.7 Å². The SMILES string of the molecule is Cc1c(Nc2ccnc(C3CC3)n2)cnn1-c1ccccc1F. The molecule has 1 aliphatic carbocycles. The van der Waals surface area contributed by atoms with Crippen molar-refractivity contribution in [2.45, 2.75) is 25.7 Å². The Morgan fingerprint density at radius 3 is 2.83 bits per heavy atom. The van der Waals surface area contributed by atoms with Crippen LogP contribution in [-0.2, 0) is 0 Å². The van der Waals surface area contributed by atoms with Crippen molar-refractivity contribution in [2.75, 3.05) is 5.32 Å². The molecular weight excluding hydrogens is 293 g/mol. The lowest BCUT2D eigenvalue weighted by atomic mass is 10.3. The highest BCUT2D eigenvalue weighted by Gasteiger charge is 2.26. The van der Waals surface area contributed by atoms with E-state index < -0.39 is 0 Å². The van der Waals surface area contributed by atoms with Crippen LogP contribution < -0.4 is 5.32 Å². The zero-order valence-corrected chi connectivity index (χ0v) is 12.7. The van der Waals surface area contributed by atoms with Crippen molar-refractivity contribution in [3.05, 3.63) is 60.1 Å². The molecule has 0 amide bonds. The van der Waals surface area contributed by atoms with E-state index in [9.17, 15) is 4.39 Å². The van der Waals surface area contributed by atoms with Gasteiger partial charge in [-0.1, -0.05) is 12.1 Å². The smallest absolute Gasteiger partial charge is 0.148 e. The summed E-state index contributed by atoms with van der Waals surface area (Å²) in [4.78, 5) is 8.85. The number of aromatic nitrogens is 4. The molecule has 1 aliphatic rings. The van der Waals surface area contributed by atoms with Crippen molar-refractivity contribution in [3.8, 4) is 5.69 Å². The first-order valence-electron chi connectivity index (χ1n) is 7.62. The highest BCUT2D eigenvalue weighted by atomic mass is 19.1. The lowest BCUT2D eigenvalue weighted by Gasteiger charge is -2.08. The number of benzene rings is 1. The Balaban J connectivity index is 1.63. The van der Waals surface area contributed by atoms with Crippen LogP contribution in [-0.4, -0.2) is 19.7 Å². The molecule has 2 heterocycles. The number of nitrogens with zero attached hydrogens (tertiary/aromatic N) is 4. The molecule has 0 saturated heterocycles. The highest BCUT2D eigenvalue weighted by Crippen LogP contribution is 2.38. The van der Waals surface area contributed by atoms with E-state index in [-0.39, 0.29) is 5.82 Å². The molecule has 5 nitrogen and oxygen atoms in total. The van der Waals surface area contributed by atoms with Crippen LogP contribution in [0.3, 0.4) is 0 Å². The van der Waals surface area contributed by atoms with Crippen molar-refractivity contribution in [3.63, 3.8) is 0 Å². The van der Waals surface area contributed by atoms with E-state index in [0.717, 1.165) is 35.9 Å². The molecule has 6 heteroatoms. The average Bonchev–Trinajstić information content (AvgIpc) is 3.35. The zero-order valence-electron chi connectivity index (χ0n) is 12.7. The fourth-order valence-corrected chi connectivity index (χ4v) is 2.52. The molecule has 4 rings (SSSR count). The Morgan fingerprint density at radius 2 is 2.04 bits per heavy atom. The van der Waals surface area contributed by atoms with Gasteiger partial charge in [-0.15, -0.1) is 0 Å². The minimum atomic E-state index is -0.302. The molecular formula is C17H16FN5. The van der Waals surface area contributed by atoms with Crippen molar-refractivity contribution in [2.24, 2.45) is 0 Å². The first-order valence-corrected chi connectivity index (χ1v) is 7.62. The minimum Gasteiger partial charge on any atom is -0.337 e. The minimum absolute atomic E-state index is 0.302. The first-order chi connectivity index (χ1) is 11.2. The molecule has 1 fully saturated rings. The molecule has 23 heavy (non-hydrogen) atoms. The van der Waals surface area contributed by atoms with Gasteiger partial charge >= 0.3 is 0 Å². The number of rotatable bonds is 4. The fraction of sp³-hybridized carbons (Fsp3) is 0.235. The molecule has 0 unspecified atom stereocenters. The molecule has 0 spiro atoms. The van der Waals surface area contributed by atoms with Gasteiger partial charge in [-0.05, 0) is 38.0 Å². The van der Waals surface area contributed by atoms with Gasteiger partial charge in [-0.3, -0.25) is 0 Å². The third-order valence-electron chi connectivity index (χ3n) is 3.97. The number of hydrogen-bond donors (Lipinski definition) is 1. The lowest BCUT2D eigenvalue weighted by molar-refractivity contribution is 0.608. The Kier molecular flexibility index (Phi) is 3.29. The molecule has 116 valence electrons. The number of halogens is 1. The summed E-state index contributed by atoms with van der Waals surface area (Å²) in [6.07, 6.45) is 5.77. The molecule has 2 aromatic heterocycles. The summed E-state index contributed by atoms with van der Waals surface area (Å²) < 4.78 is 15.5. The number of anilines is 2. The Morgan fingerprint density at radius 1 is 1.22 bits per heavy atom. The summed E-state index contributed by atoms with van der Waals surface area (Å²) in [7, 11) is 0. The van der Waals surface area contributed by atoms with Crippen LogP contribution in [0.2, 0.25) is 0 Å². The van der Waals surface area contributed by atoms with Gasteiger partial charge in [0.2, 0.25) is 0 Å². The summed E-state index contributed by atoms with van der Waals surface area (Å²) >= 11 is 0. The topological polar surface area (TPSA) is 55.6 Å². The van der Waals surface area contributed by atoms with Crippen LogP contribution in [0.5, 0.6) is 0 Å². The van der Waals surface area contributed by atoms with Crippen LogP contribution in [0, 0.1) is 12.7 Å². The van der Waals surface area contributed by atoms with Crippen molar-refractivity contribution >= 4 is 11.5 Å². The summed E-state index contributed by atoms with van der Waals surface area (Å²) in [5.41, 5.74) is 2.05. The summed E-state index contributed by atoms with van der Waals surface area (Å²) in [6, 6.07) is 8.41. The van der Waals surface area contributed by atoms with Gasteiger partial charge in [0.1, 0.15) is 23.1 Å². The first kappa shape index (κ1) is 13.9. The molecule has 1 N–H and O–H groups in total. The van der Waals surface area contributed by atoms with Crippen LogP contribution in [0.1, 0.15) is 30.3 Å². The molecule has 1 aromatic carbocycles. The molecule has 0 aliphatic heterocycles. The van der Waals surface area contributed by atoms with Gasteiger partial charge in [0.25, 0.3) is 0 Å². The fourth-order valence-electron chi connectivity index (χ4n) is 2.52. The largest absolute Gasteiger partial charge is 0.337 e. The average molecular weight is 309 g/mol. The molecule has 0 bridgehead atoms. The summed E-state index contributed by atoms with van der Waals surface area (Å²) in [5.74, 6) is 1.81. The van der Waals surface area contributed by atoms with Crippen LogP contribution in [0.25, 0.3) is 5.69 Å². The lowest BCUT2D eigenvalue weighted by Crippen LogP contribution is -2.03. The van der Waals surface area contributed by atoms with E-state index in [1.807, 2.05) is 13.0 Å². The van der Waals surface area contributed by atoms with Crippen LogP contribution in [0.4, 0.5) is 15.9 Å². The maximum absolute atomic E-state index is 13.9. The van der Waals surface area contributed by atoms with Gasteiger partial charge in [-0.2, -0.15) is 5.10 Å². The second kappa shape index (κ2) is 5.46. The van der Waals surface area contributed by atoms with Crippen LogP contribution in [0.15, 0.2) is 42.7 Å². The van der Waals surface area contributed by atoms with E-state index >= 15 is 0 Å². The van der Waals surface area contributed by atoms with E-state index in [2.05, 4.69) is 20.4 Å². The van der Waals surface area contributed by atoms with E-state index in [1.54, 1.807) is 35.3 Å². The molecule has 1 saturated carbocycles. The van der Waals surface area contributed by atoms with Gasteiger partial charge in [-0.25, -0.2) is 19.0 Å². The number of para-hydroxylation sites is 1. The van der Waals surface area contributed by atoms with E-state index in [4.69, 9.17) is 0 Å². The quantitative estimate of drug-likeness (QED) is 0.798. The number of hydrogen-bond acceptors (Lipinski definition) is 4. The second-order valence-electron chi connectivity index (χ2n) is 5.71. The third kappa shape index (κ3) is 2.67. The Hall–Kier alpha value is -2.76. The number of nitrogens with one attached hydrogen (secondary N) is 1. The third-order valence-corrected chi connectivity index (χ3v) is 3.97. The summed E-state index contributed by atoms with van der Waals surface area (Å²) in [6.45, 7) is 1.89. The monoisotopic (exact) mass is 309 g/mol. The highest BCUT2D eigenvalue weighted by molar-refractivity contribution is 5.59. The van der Waals surface area contributed by atoms with Gasteiger partial charge in [0.15, 0.2) is 0 Å². The predicted octanol–water partition coefficient (Wildman–Crippen LogP) is 3.73. The maximum Gasteiger partial charge on any atom is 0.148 e. The van der Waals surface area contributed by atoms with Crippen molar-refractivity contribution in [1.29, 1.82) is 0 Å². The normalized spacial score (nSPS) is 14.0. The molecule has 0 radical (unpaired) electrons. The van der Waals surface area contributed by atoms with E-state index in [0.29, 0.717) is 11.6 Å².